The third kappa shape index (κ3) is 2.72. The van der Waals surface area contributed by atoms with Gasteiger partial charge in [-0.05, 0) is 31.0 Å². The Balaban J connectivity index is 2.22. The van der Waals surface area contributed by atoms with E-state index in [1.54, 1.807) is 25.4 Å². The number of hydrogen-bond donors (Lipinski definition) is 1. The molecular formula is C17H20N4O2. The molecule has 0 fully saturated rings. The van der Waals surface area contributed by atoms with Gasteiger partial charge < -0.3 is 15.0 Å². The second kappa shape index (κ2) is 5.87. The molecule has 0 radical (unpaired) electrons. The van der Waals surface area contributed by atoms with Gasteiger partial charge in [-0.15, -0.1) is 0 Å². The molecule has 2 N–H and O–H groups in total. The molecule has 2 heterocycles. The van der Waals surface area contributed by atoms with E-state index in [0.717, 1.165) is 17.4 Å². The van der Waals surface area contributed by atoms with Crippen molar-refractivity contribution in [3.05, 3.63) is 30.1 Å². The summed E-state index contributed by atoms with van der Waals surface area (Å²) in [5.41, 5.74) is 8.84. The van der Waals surface area contributed by atoms with Crippen LogP contribution in [0, 0.1) is 5.92 Å². The molecule has 0 unspecified atom stereocenters. The molecule has 0 aliphatic rings. The first-order valence-corrected chi connectivity index (χ1v) is 7.72. The molecule has 6 heteroatoms. The summed E-state index contributed by atoms with van der Waals surface area (Å²) in [4.78, 5) is 20.7. The number of imidazole rings is 1. The second-order valence-electron chi connectivity index (χ2n) is 5.94. The summed E-state index contributed by atoms with van der Waals surface area (Å²) in [6.45, 7) is 7.26. The maximum atomic E-state index is 11.9. The fraction of sp³-hybridized carbons (Fsp3) is 0.353. The van der Waals surface area contributed by atoms with E-state index >= 15 is 0 Å². The van der Waals surface area contributed by atoms with Crippen LogP contribution in [0.4, 0.5) is 5.82 Å². The van der Waals surface area contributed by atoms with Crippen molar-refractivity contribution in [3.8, 4) is 0 Å². The van der Waals surface area contributed by atoms with Crippen molar-refractivity contribution in [2.24, 2.45) is 5.92 Å². The molecule has 0 spiro atoms. The van der Waals surface area contributed by atoms with E-state index in [9.17, 15) is 4.79 Å². The normalized spacial score (nSPS) is 11.5. The van der Waals surface area contributed by atoms with Crippen LogP contribution in [0.1, 0.15) is 31.1 Å². The minimum Gasteiger partial charge on any atom is -0.462 e. The molecule has 0 bridgehead atoms. The molecule has 6 nitrogen and oxygen atoms in total. The number of benzene rings is 1. The Morgan fingerprint density at radius 3 is 2.87 bits per heavy atom. The molecule has 0 amide bonds. The third-order valence-electron chi connectivity index (χ3n) is 3.65. The van der Waals surface area contributed by atoms with Crippen LogP contribution >= 0.6 is 0 Å². The molecule has 120 valence electrons. The molecule has 0 atom stereocenters. The zero-order valence-electron chi connectivity index (χ0n) is 13.5. The number of carbonyl (C=O) groups is 1. The van der Waals surface area contributed by atoms with Gasteiger partial charge in [0.25, 0.3) is 0 Å². The lowest BCUT2D eigenvalue weighted by atomic mass is 10.1. The van der Waals surface area contributed by atoms with Gasteiger partial charge in [-0.2, -0.15) is 0 Å². The number of aromatic nitrogens is 3. The van der Waals surface area contributed by atoms with Gasteiger partial charge >= 0.3 is 5.97 Å². The number of nitrogens with two attached hydrogens (primary N) is 1. The quantitative estimate of drug-likeness (QED) is 0.749. The Hall–Kier alpha value is -2.63. The maximum absolute atomic E-state index is 11.9. The number of carbonyl (C=O) groups excluding carboxylic acids is 1. The van der Waals surface area contributed by atoms with E-state index in [0.29, 0.717) is 34.9 Å². The summed E-state index contributed by atoms with van der Waals surface area (Å²) >= 11 is 0. The zero-order chi connectivity index (χ0) is 16.6. The Morgan fingerprint density at radius 2 is 2.17 bits per heavy atom. The van der Waals surface area contributed by atoms with Crippen LogP contribution in [0.2, 0.25) is 0 Å². The number of anilines is 1. The highest BCUT2D eigenvalue weighted by molar-refractivity contribution is 6.08. The topological polar surface area (TPSA) is 83.0 Å². The van der Waals surface area contributed by atoms with Crippen LogP contribution in [-0.4, -0.2) is 27.1 Å². The van der Waals surface area contributed by atoms with E-state index < -0.39 is 0 Å². The van der Waals surface area contributed by atoms with Crippen molar-refractivity contribution in [1.29, 1.82) is 0 Å². The van der Waals surface area contributed by atoms with E-state index in [-0.39, 0.29) is 5.97 Å². The Bertz CT molecular complexity index is 883. The molecule has 0 aliphatic heterocycles. The maximum Gasteiger partial charge on any atom is 0.338 e. The van der Waals surface area contributed by atoms with Gasteiger partial charge in [-0.25, -0.2) is 14.8 Å². The SMILES string of the molecule is CCOC(=O)c1ccc2c(c1)nc(N)c1ncn(CC(C)C)c12. The van der Waals surface area contributed by atoms with Crippen molar-refractivity contribution in [2.45, 2.75) is 27.3 Å². The van der Waals surface area contributed by atoms with Crippen LogP contribution in [-0.2, 0) is 11.3 Å². The molecule has 0 saturated carbocycles. The number of rotatable bonds is 4. The Labute approximate surface area is 134 Å². The summed E-state index contributed by atoms with van der Waals surface area (Å²) in [6, 6.07) is 5.36. The molecule has 0 saturated heterocycles. The highest BCUT2D eigenvalue weighted by Crippen LogP contribution is 2.28. The predicted octanol–water partition coefficient (Wildman–Crippen LogP) is 3.00. The van der Waals surface area contributed by atoms with Gasteiger partial charge in [-0.1, -0.05) is 13.8 Å². The summed E-state index contributed by atoms with van der Waals surface area (Å²) in [5, 5.41) is 0.931. The number of ether oxygens (including phenoxy) is 1. The highest BCUT2D eigenvalue weighted by atomic mass is 16.5. The summed E-state index contributed by atoms with van der Waals surface area (Å²) in [5.74, 6) is 0.497. The molecule has 0 aliphatic carbocycles. The number of esters is 1. The van der Waals surface area contributed by atoms with E-state index in [4.69, 9.17) is 10.5 Å². The number of nitrogens with zero attached hydrogens (tertiary/aromatic N) is 3. The van der Waals surface area contributed by atoms with Crippen LogP contribution in [0.25, 0.3) is 21.9 Å². The van der Waals surface area contributed by atoms with Crippen molar-refractivity contribution in [2.75, 3.05) is 12.3 Å². The van der Waals surface area contributed by atoms with Crippen LogP contribution in [0.5, 0.6) is 0 Å². The molecule has 23 heavy (non-hydrogen) atoms. The monoisotopic (exact) mass is 312 g/mol. The summed E-state index contributed by atoms with van der Waals surface area (Å²) in [7, 11) is 0. The molecule has 3 rings (SSSR count). The molecule has 2 aromatic heterocycles. The number of nitrogen functional groups attached to an aromatic ring is 1. The summed E-state index contributed by atoms with van der Waals surface area (Å²) in [6.07, 6.45) is 1.79. The van der Waals surface area contributed by atoms with Crippen LogP contribution in [0.15, 0.2) is 24.5 Å². The number of fused-ring (bicyclic) bond motifs is 3. The van der Waals surface area contributed by atoms with Gasteiger partial charge in [0.1, 0.15) is 5.52 Å². The molecule has 1 aromatic carbocycles. The minimum absolute atomic E-state index is 0.340. The smallest absolute Gasteiger partial charge is 0.338 e. The molecule has 3 aromatic rings. The standard InChI is InChI=1S/C17H20N4O2/c1-4-23-17(22)11-5-6-12-13(7-11)20-16(18)14-15(12)21(9-19-14)8-10(2)3/h5-7,9-10H,4,8H2,1-3H3,(H2,18,20). The minimum atomic E-state index is -0.356. The van der Waals surface area contributed by atoms with Gasteiger partial charge in [0.05, 0.1) is 29.5 Å². The van der Waals surface area contributed by atoms with Gasteiger partial charge in [0.2, 0.25) is 0 Å². The van der Waals surface area contributed by atoms with Crippen LogP contribution < -0.4 is 5.73 Å². The lowest BCUT2D eigenvalue weighted by molar-refractivity contribution is 0.0526. The number of hydrogen-bond acceptors (Lipinski definition) is 5. The summed E-state index contributed by atoms with van der Waals surface area (Å²) < 4.78 is 7.13. The largest absolute Gasteiger partial charge is 0.462 e. The first-order chi connectivity index (χ1) is 11.0. The van der Waals surface area contributed by atoms with Crippen molar-refractivity contribution >= 4 is 33.7 Å². The van der Waals surface area contributed by atoms with Crippen molar-refractivity contribution < 1.29 is 9.53 Å². The Morgan fingerprint density at radius 1 is 1.39 bits per heavy atom. The Kier molecular flexibility index (Phi) is 3.90. The van der Waals surface area contributed by atoms with Gasteiger partial charge in [0, 0.05) is 11.9 Å². The van der Waals surface area contributed by atoms with Gasteiger partial charge in [-0.3, -0.25) is 0 Å². The highest BCUT2D eigenvalue weighted by Gasteiger charge is 2.15. The fourth-order valence-electron chi connectivity index (χ4n) is 2.73. The van der Waals surface area contributed by atoms with E-state index in [1.165, 1.54) is 0 Å². The lowest BCUT2D eigenvalue weighted by Crippen LogP contribution is -2.06. The average Bonchev–Trinajstić information content (AvgIpc) is 2.91. The molecular weight excluding hydrogens is 292 g/mol. The third-order valence-corrected chi connectivity index (χ3v) is 3.65. The first-order valence-electron chi connectivity index (χ1n) is 7.72. The van der Waals surface area contributed by atoms with E-state index in [2.05, 4.69) is 28.4 Å². The van der Waals surface area contributed by atoms with Crippen LogP contribution in [0.3, 0.4) is 0 Å². The number of pyridine rings is 1. The fourth-order valence-corrected chi connectivity index (χ4v) is 2.73. The van der Waals surface area contributed by atoms with E-state index in [1.807, 2.05) is 6.07 Å². The predicted molar refractivity (Wildman–Crippen MR) is 90.2 cm³/mol. The van der Waals surface area contributed by atoms with Crippen molar-refractivity contribution in [3.63, 3.8) is 0 Å². The van der Waals surface area contributed by atoms with Crippen molar-refractivity contribution in [1.82, 2.24) is 14.5 Å². The zero-order valence-corrected chi connectivity index (χ0v) is 13.5. The lowest BCUT2D eigenvalue weighted by Gasteiger charge is -2.10. The van der Waals surface area contributed by atoms with Gasteiger partial charge in [0.15, 0.2) is 5.82 Å². The average molecular weight is 312 g/mol. The first kappa shape index (κ1) is 15.3. The second-order valence-corrected chi connectivity index (χ2v) is 5.94.